The summed E-state index contributed by atoms with van der Waals surface area (Å²) in [5.74, 6) is 1.23. The van der Waals surface area contributed by atoms with Crippen LogP contribution in [-0.4, -0.2) is 48.0 Å². The van der Waals surface area contributed by atoms with Crippen molar-refractivity contribution in [2.24, 2.45) is 0 Å². The van der Waals surface area contributed by atoms with E-state index in [0.29, 0.717) is 5.92 Å². The molecule has 0 unspecified atom stereocenters. The fourth-order valence-corrected chi connectivity index (χ4v) is 4.06. The van der Waals surface area contributed by atoms with Crippen molar-refractivity contribution in [3.05, 3.63) is 64.7 Å². The Kier molecular flexibility index (Phi) is 4.92. The van der Waals surface area contributed by atoms with Gasteiger partial charge >= 0.3 is 0 Å². The van der Waals surface area contributed by atoms with Crippen LogP contribution in [0.1, 0.15) is 46.8 Å². The standard InChI is InChI=1S/C23H28N2O2/c1-16-7-4-5-8-19(16)15-24-11-13-25(14-12-24)23(26)21-10-6-9-20-17(2)18(3)27-22(20)21/h4-10,17-18H,11-15H2,1-3H3/t17-,18+/m1/s1. The number of nitrogens with zero attached hydrogens (tertiary/aromatic N) is 2. The Morgan fingerprint density at radius 1 is 1.04 bits per heavy atom. The smallest absolute Gasteiger partial charge is 0.257 e. The lowest BCUT2D eigenvalue weighted by Gasteiger charge is -2.35. The highest BCUT2D eigenvalue weighted by molar-refractivity contribution is 5.97. The van der Waals surface area contributed by atoms with Crippen molar-refractivity contribution < 1.29 is 9.53 Å². The molecule has 4 rings (SSSR count). The summed E-state index contributed by atoms with van der Waals surface area (Å²) in [5.41, 5.74) is 4.58. The van der Waals surface area contributed by atoms with E-state index in [-0.39, 0.29) is 12.0 Å². The van der Waals surface area contributed by atoms with E-state index in [1.807, 2.05) is 17.0 Å². The van der Waals surface area contributed by atoms with Gasteiger partial charge in [0.1, 0.15) is 11.9 Å². The number of benzene rings is 2. The Morgan fingerprint density at radius 2 is 1.78 bits per heavy atom. The number of ether oxygens (including phenoxy) is 1. The third kappa shape index (κ3) is 3.46. The van der Waals surface area contributed by atoms with Crippen LogP contribution in [0.25, 0.3) is 0 Å². The van der Waals surface area contributed by atoms with E-state index in [0.717, 1.165) is 49.6 Å². The van der Waals surface area contributed by atoms with Gasteiger partial charge in [-0.05, 0) is 31.0 Å². The highest BCUT2D eigenvalue weighted by atomic mass is 16.5. The fourth-order valence-electron chi connectivity index (χ4n) is 4.06. The van der Waals surface area contributed by atoms with Gasteiger partial charge < -0.3 is 9.64 Å². The van der Waals surface area contributed by atoms with Gasteiger partial charge in [0.2, 0.25) is 0 Å². The SMILES string of the molecule is Cc1ccccc1CN1CCN(C(=O)c2cccc3c2O[C@@H](C)[C@H]3C)CC1. The van der Waals surface area contributed by atoms with Crippen molar-refractivity contribution in [3.8, 4) is 5.75 Å². The zero-order valence-corrected chi connectivity index (χ0v) is 16.4. The molecule has 2 aromatic rings. The van der Waals surface area contributed by atoms with Crippen molar-refractivity contribution in [3.63, 3.8) is 0 Å². The average Bonchev–Trinajstić information content (AvgIpc) is 2.98. The number of carbonyl (C=O) groups excluding carboxylic acids is 1. The van der Waals surface area contributed by atoms with Gasteiger partial charge in [0.05, 0.1) is 5.56 Å². The monoisotopic (exact) mass is 364 g/mol. The summed E-state index contributed by atoms with van der Waals surface area (Å²) in [6, 6.07) is 14.5. The van der Waals surface area contributed by atoms with Crippen LogP contribution < -0.4 is 4.74 Å². The molecule has 1 amide bonds. The highest BCUT2D eigenvalue weighted by Crippen LogP contribution is 2.40. The van der Waals surface area contributed by atoms with E-state index in [9.17, 15) is 4.79 Å². The second-order valence-corrected chi connectivity index (χ2v) is 7.83. The van der Waals surface area contributed by atoms with Crippen LogP contribution in [0.15, 0.2) is 42.5 Å². The third-order valence-electron chi connectivity index (χ3n) is 6.09. The summed E-state index contributed by atoms with van der Waals surface area (Å²) in [6.45, 7) is 10.7. The number of amides is 1. The molecule has 0 aliphatic carbocycles. The molecule has 27 heavy (non-hydrogen) atoms. The largest absolute Gasteiger partial charge is 0.489 e. The fraction of sp³-hybridized carbons (Fsp3) is 0.435. The quantitative estimate of drug-likeness (QED) is 0.830. The topological polar surface area (TPSA) is 32.8 Å². The van der Waals surface area contributed by atoms with E-state index in [4.69, 9.17) is 4.74 Å². The molecule has 2 aromatic carbocycles. The van der Waals surface area contributed by atoms with Crippen molar-refractivity contribution in [2.75, 3.05) is 26.2 Å². The van der Waals surface area contributed by atoms with E-state index < -0.39 is 0 Å². The molecular formula is C23H28N2O2. The van der Waals surface area contributed by atoms with Gasteiger partial charge in [0.25, 0.3) is 5.91 Å². The number of rotatable bonds is 3. The summed E-state index contributed by atoms with van der Waals surface area (Å²) < 4.78 is 6.02. The molecule has 0 saturated carbocycles. The van der Waals surface area contributed by atoms with Crippen LogP contribution in [0.5, 0.6) is 5.75 Å². The zero-order valence-electron chi connectivity index (χ0n) is 16.4. The van der Waals surface area contributed by atoms with Gasteiger partial charge in [0, 0.05) is 44.2 Å². The molecule has 2 heterocycles. The molecule has 2 aliphatic heterocycles. The summed E-state index contributed by atoms with van der Waals surface area (Å²) in [4.78, 5) is 17.5. The molecule has 0 aromatic heterocycles. The highest BCUT2D eigenvalue weighted by Gasteiger charge is 2.33. The van der Waals surface area contributed by atoms with Crippen LogP contribution >= 0.6 is 0 Å². The van der Waals surface area contributed by atoms with Crippen molar-refractivity contribution in [2.45, 2.75) is 39.3 Å². The first-order chi connectivity index (χ1) is 13.0. The lowest BCUT2D eigenvalue weighted by atomic mass is 9.96. The van der Waals surface area contributed by atoms with E-state index in [1.165, 1.54) is 11.1 Å². The Balaban J connectivity index is 1.42. The number of piperazine rings is 1. The maximum absolute atomic E-state index is 13.1. The minimum Gasteiger partial charge on any atom is -0.489 e. The second-order valence-electron chi connectivity index (χ2n) is 7.83. The molecule has 0 bridgehead atoms. The van der Waals surface area contributed by atoms with E-state index >= 15 is 0 Å². The van der Waals surface area contributed by atoms with Gasteiger partial charge in [0.15, 0.2) is 0 Å². The number of hydrogen-bond donors (Lipinski definition) is 0. The molecule has 0 spiro atoms. The zero-order chi connectivity index (χ0) is 19.0. The van der Waals surface area contributed by atoms with Gasteiger partial charge in [-0.3, -0.25) is 9.69 Å². The minimum absolute atomic E-state index is 0.101. The van der Waals surface area contributed by atoms with Crippen molar-refractivity contribution >= 4 is 5.91 Å². The first kappa shape index (κ1) is 18.1. The van der Waals surface area contributed by atoms with Crippen LogP contribution in [0.2, 0.25) is 0 Å². The Hall–Kier alpha value is -2.33. The Morgan fingerprint density at radius 3 is 2.52 bits per heavy atom. The third-order valence-corrected chi connectivity index (χ3v) is 6.09. The van der Waals surface area contributed by atoms with Crippen LogP contribution in [0.4, 0.5) is 0 Å². The number of aryl methyl sites for hydroxylation is 1. The van der Waals surface area contributed by atoms with Crippen LogP contribution in [-0.2, 0) is 6.54 Å². The van der Waals surface area contributed by atoms with Gasteiger partial charge in [-0.25, -0.2) is 0 Å². The van der Waals surface area contributed by atoms with Crippen molar-refractivity contribution in [1.29, 1.82) is 0 Å². The molecule has 0 radical (unpaired) electrons. The molecule has 4 heteroatoms. The number of carbonyl (C=O) groups is 1. The first-order valence-electron chi connectivity index (χ1n) is 9.90. The first-order valence-corrected chi connectivity index (χ1v) is 9.90. The molecule has 4 nitrogen and oxygen atoms in total. The number of fused-ring (bicyclic) bond motifs is 1. The normalized spacial score (nSPS) is 22.4. The van der Waals surface area contributed by atoms with Crippen LogP contribution in [0, 0.1) is 6.92 Å². The molecule has 1 saturated heterocycles. The Labute approximate surface area is 161 Å². The van der Waals surface area contributed by atoms with Crippen LogP contribution in [0.3, 0.4) is 0 Å². The number of hydrogen-bond acceptors (Lipinski definition) is 3. The summed E-state index contributed by atoms with van der Waals surface area (Å²) >= 11 is 0. The molecule has 2 atom stereocenters. The van der Waals surface area contributed by atoms with E-state index in [2.05, 4.69) is 56.0 Å². The van der Waals surface area contributed by atoms with Crippen molar-refractivity contribution in [1.82, 2.24) is 9.80 Å². The predicted octanol–water partition coefficient (Wildman–Crippen LogP) is 3.84. The maximum atomic E-state index is 13.1. The lowest BCUT2D eigenvalue weighted by molar-refractivity contribution is 0.0623. The summed E-state index contributed by atoms with van der Waals surface area (Å²) in [5, 5.41) is 0. The molecule has 2 aliphatic rings. The Bertz CT molecular complexity index is 840. The van der Waals surface area contributed by atoms with Gasteiger partial charge in [-0.2, -0.15) is 0 Å². The summed E-state index contributed by atoms with van der Waals surface area (Å²) in [7, 11) is 0. The summed E-state index contributed by atoms with van der Waals surface area (Å²) in [6.07, 6.45) is 0.125. The van der Waals surface area contributed by atoms with Gasteiger partial charge in [-0.1, -0.05) is 43.3 Å². The average molecular weight is 364 g/mol. The number of para-hydroxylation sites is 1. The maximum Gasteiger partial charge on any atom is 0.257 e. The molecule has 1 fully saturated rings. The lowest BCUT2D eigenvalue weighted by Crippen LogP contribution is -2.48. The van der Waals surface area contributed by atoms with Gasteiger partial charge in [-0.15, -0.1) is 0 Å². The van der Waals surface area contributed by atoms with E-state index in [1.54, 1.807) is 0 Å². The molecule has 142 valence electrons. The molecule has 0 N–H and O–H groups in total. The molecular weight excluding hydrogens is 336 g/mol. The second kappa shape index (κ2) is 7.35. The minimum atomic E-state index is 0.101. The predicted molar refractivity (Wildman–Crippen MR) is 107 cm³/mol.